The number of hydrogen-bond donors (Lipinski definition) is 0. The number of fused-ring (bicyclic) bond motifs is 1. The summed E-state index contributed by atoms with van der Waals surface area (Å²) in [6, 6.07) is 23.6. The van der Waals surface area contributed by atoms with Gasteiger partial charge >= 0.3 is 0 Å². The van der Waals surface area contributed by atoms with Crippen molar-refractivity contribution in [1.29, 1.82) is 0 Å². The second-order valence-electron chi connectivity index (χ2n) is 8.31. The maximum atomic E-state index is 12.8. The van der Waals surface area contributed by atoms with E-state index in [9.17, 15) is 4.79 Å². The number of nitrogens with zero attached hydrogens (tertiary/aromatic N) is 4. The number of amides is 1. The molecule has 0 aromatic heterocycles. The molecule has 0 aliphatic carbocycles. The van der Waals surface area contributed by atoms with Crippen LogP contribution in [0.3, 0.4) is 0 Å². The standard InChI is InChI=1S/C28H28N4O3/c1-2-9-25-28-23(14-15-32(25)27(33)18-30-31-29)16-24(34-19-21-10-5-3-6-11-21)17-26(28)35-20-22-12-7-4-8-13-22/h2-8,10-13,16-17,25H,1,9,14-15,18-20H2/t25-/m1/s1. The minimum Gasteiger partial charge on any atom is -0.489 e. The molecule has 3 aromatic rings. The zero-order chi connectivity index (χ0) is 24.5. The van der Waals surface area contributed by atoms with Gasteiger partial charge in [0.15, 0.2) is 0 Å². The van der Waals surface area contributed by atoms with Gasteiger partial charge in [0.05, 0.1) is 6.04 Å². The van der Waals surface area contributed by atoms with Crippen molar-refractivity contribution < 1.29 is 14.3 Å². The molecule has 7 nitrogen and oxygen atoms in total. The van der Waals surface area contributed by atoms with Gasteiger partial charge in [-0.25, -0.2) is 0 Å². The van der Waals surface area contributed by atoms with Crippen LogP contribution in [-0.2, 0) is 24.4 Å². The predicted octanol–water partition coefficient (Wildman–Crippen LogP) is 6.16. The van der Waals surface area contributed by atoms with Crippen LogP contribution in [0.2, 0.25) is 0 Å². The largest absolute Gasteiger partial charge is 0.489 e. The van der Waals surface area contributed by atoms with Crippen molar-refractivity contribution in [3.8, 4) is 11.5 Å². The minimum atomic E-state index is -0.258. The maximum Gasteiger partial charge on any atom is 0.228 e. The molecule has 0 spiro atoms. The van der Waals surface area contributed by atoms with Crippen molar-refractivity contribution in [3.05, 3.63) is 118 Å². The van der Waals surface area contributed by atoms with Crippen LogP contribution in [0.5, 0.6) is 11.5 Å². The first-order chi connectivity index (χ1) is 17.2. The molecule has 0 unspecified atom stereocenters. The van der Waals surface area contributed by atoms with Gasteiger partial charge in [-0.1, -0.05) is 71.9 Å². The lowest BCUT2D eigenvalue weighted by molar-refractivity contribution is -0.132. The van der Waals surface area contributed by atoms with E-state index in [0.29, 0.717) is 38.3 Å². The highest BCUT2D eigenvalue weighted by molar-refractivity contribution is 5.79. The normalized spacial score (nSPS) is 14.4. The van der Waals surface area contributed by atoms with Crippen LogP contribution >= 0.6 is 0 Å². The molecule has 0 saturated heterocycles. The summed E-state index contributed by atoms with van der Waals surface area (Å²) in [4.78, 5) is 17.3. The number of ether oxygens (including phenoxy) is 2. The first-order valence-electron chi connectivity index (χ1n) is 11.6. The fraction of sp³-hybridized carbons (Fsp3) is 0.250. The average Bonchev–Trinajstić information content (AvgIpc) is 2.90. The monoisotopic (exact) mass is 468 g/mol. The molecule has 4 rings (SSSR count). The number of benzene rings is 3. The molecule has 1 heterocycles. The Hall–Kier alpha value is -4.22. The van der Waals surface area contributed by atoms with Crippen LogP contribution in [-0.4, -0.2) is 23.9 Å². The van der Waals surface area contributed by atoms with E-state index in [2.05, 4.69) is 16.6 Å². The van der Waals surface area contributed by atoms with Crippen molar-refractivity contribution in [2.75, 3.05) is 13.1 Å². The lowest BCUT2D eigenvalue weighted by atomic mass is 9.89. The number of carbonyl (C=O) groups excluding carboxylic acids is 1. The quantitative estimate of drug-likeness (QED) is 0.155. The third-order valence-corrected chi connectivity index (χ3v) is 6.00. The summed E-state index contributed by atoms with van der Waals surface area (Å²) in [5.74, 6) is 1.20. The number of hydrogen-bond acceptors (Lipinski definition) is 4. The Morgan fingerprint density at radius 1 is 1.06 bits per heavy atom. The molecular formula is C28H28N4O3. The summed E-state index contributed by atoms with van der Waals surface area (Å²) >= 11 is 0. The fourth-order valence-corrected chi connectivity index (χ4v) is 4.36. The van der Waals surface area contributed by atoms with Crippen molar-refractivity contribution >= 4 is 5.91 Å². The van der Waals surface area contributed by atoms with Crippen molar-refractivity contribution in [2.24, 2.45) is 5.11 Å². The van der Waals surface area contributed by atoms with Crippen LogP contribution in [0, 0.1) is 0 Å². The number of azide groups is 1. The summed E-state index contributed by atoms with van der Waals surface area (Å²) in [5, 5.41) is 3.48. The first-order valence-corrected chi connectivity index (χ1v) is 11.6. The van der Waals surface area contributed by atoms with E-state index >= 15 is 0 Å². The van der Waals surface area contributed by atoms with Gasteiger partial charge in [-0.2, -0.15) is 0 Å². The summed E-state index contributed by atoms with van der Waals surface area (Å²) in [6.07, 6.45) is 3.00. The Balaban J connectivity index is 1.67. The predicted molar refractivity (Wildman–Crippen MR) is 135 cm³/mol. The van der Waals surface area contributed by atoms with Gasteiger partial charge in [-0.05, 0) is 41.1 Å². The molecule has 35 heavy (non-hydrogen) atoms. The molecule has 0 fully saturated rings. The number of rotatable bonds is 10. The van der Waals surface area contributed by atoms with E-state index in [-0.39, 0.29) is 18.5 Å². The summed E-state index contributed by atoms with van der Waals surface area (Å²) < 4.78 is 12.5. The van der Waals surface area contributed by atoms with Gasteiger partial charge in [0, 0.05) is 23.1 Å². The third kappa shape index (κ3) is 6.02. The van der Waals surface area contributed by atoms with Crippen LogP contribution in [0.4, 0.5) is 0 Å². The summed E-state index contributed by atoms with van der Waals surface area (Å²) in [6.45, 7) is 5.05. The van der Waals surface area contributed by atoms with Gasteiger partial charge in [0.25, 0.3) is 0 Å². The van der Waals surface area contributed by atoms with Crippen LogP contribution < -0.4 is 9.47 Å². The Morgan fingerprint density at radius 3 is 2.34 bits per heavy atom. The highest BCUT2D eigenvalue weighted by Gasteiger charge is 2.33. The molecule has 0 radical (unpaired) electrons. The van der Waals surface area contributed by atoms with E-state index in [4.69, 9.17) is 15.0 Å². The van der Waals surface area contributed by atoms with Gasteiger partial charge in [0.1, 0.15) is 31.3 Å². The molecule has 0 N–H and O–H groups in total. The number of carbonyl (C=O) groups is 1. The van der Waals surface area contributed by atoms with E-state index in [1.165, 1.54) is 0 Å². The molecule has 1 amide bonds. The molecule has 178 valence electrons. The second-order valence-corrected chi connectivity index (χ2v) is 8.31. The Morgan fingerprint density at radius 2 is 1.71 bits per heavy atom. The Kier molecular flexibility index (Phi) is 8.04. The van der Waals surface area contributed by atoms with Crippen molar-refractivity contribution in [2.45, 2.75) is 32.1 Å². The maximum absolute atomic E-state index is 12.8. The third-order valence-electron chi connectivity index (χ3n) is 6.00. The average molecular weight is 469 g/mol. The zero-order valence-electron chi connectivity index (χ0n) is 19.5. The molecule has 0 bridgehead atoms. The molecule has 1 aliphatic rings. The smallest absolute Gasteiger partial charge is 0.228 e. The Bertz CT molecular complexity index is 1210. The molecule has 1 aliphatic heterocycles. The molecule has 3 aromatic carbocycles. The molecule has 7 heteroatoms. The molecule has 0 saturated carbocycles. The van der Waals surface area contributed by atoms with Gasteiger partial charge in [-0.15, -0.1) is 6.58 Å². The SMILES string of the molecule is C=CC[C@@H]1c2c(cc(OCc3ccccc3)cc2OCc2ccccc2)CCN1C(=O)CN=[N+]=[N-]. The van der Waals surface area contributed by atoms with E-state index in [1.807, 2.05) is 72.8 Å². The van der Waals surface area contributed by atoms with Gasteiger partial charge < -0.3 is 14.4 Å². The highest BCUT2D eigenvalue weighted by Crippen LogP contribution is 2.42. The van der Waals surface area contributed by atoms with Gasteiger partial charge in [0.2, 0.25) is 5.91 Å². The fourth-order valence-electron chi connectivity index (χ4n) is 4.36. The topological polar surface area (TPSA) is 87.5 Å². The van der Waals surface area contributed by atoms with E-state index in [0.717, 1.165) is 28.0 Å². The molecule has 1 atom stereocenters. The second kappa shape index (κ2) is 11.8. The van der Waals surface area contributed by atoms with Crippen LogP contribution in [0.15, 0.2) is 90.6 Å². The van der Waals surface area contributed by atoms with Gasteiger partial charge in [-0.3, -0.25) is 4.79 Å². The summed E-state index contributed by atoms with van der Waals surface area (Å²) in [5.41, 5.74) is 12.8. The Labute approximate surface area is 205 Å². The lowest BCUT2D eigenvalue weighted by Gasteiger charge is -2.38. The lowest BCUT2D eigenvalue weighted by Crippen LogP contribution is -2.41. The van der Waals surface area contributed by atoms with E-state index < -0.39 is 0 Å². The highest BCUT2D eigenvalue weighted by atomic mass is 16.5. The van der Waals surface area contributed by atoms with Crippen molar-refractivity contribution in [1.82, 2.24) is 4.90 Å². The van der Waals surface area contributed by atoms with E-state index in [1.54, 1.807) is 11.0 Å². The van der Waals surface area contributed by atoms with Crippen molar-refractivity contribution in [3.63, 3.8) is 0 Å². The van der Waals surface area contributed by atoms with Crippen LogP contribution in [0.1, 0.15) is 34.7 Å². The minimum absolute atomic E-state index is 0.210. The molecular weight excluding hydrogens is 440 g/mol. The van der Waals surface area contributed by atoms with Crippen LogP contribution in [0.25, 0.3) is 10.4 Å². The summed E-state index contributed by atoms with van der Waals surface area (Å²) in [7, 11) is 0. The zero-order valence-corrected chi connectivity index (χ0v) is 19.5. The first kappa shape index (κ1) is 23.9.